The summed E-state index contributed by atoms with van der Waals surface area (Å²) in [5.41, 5.74) is 2.40. The van der Waals surface area contributed by atoms with E-state index in [4.69, 9.17) is 0 Å². The number of anilines is 2. The number of carbonyl (C=O) groups excluding carboxylic acids is 1. The van der Waals surface area contributed by atoms with E-state index in [-0.39, 0.29) is 5.69 Å². The molecular formula is C21H21F3N4O. The second-order valence-electron chi connectivity index (χ2n) is 7.35. The van der Waals surface area contributed by atoms with Crippen LogP contribution in [-0.4, -0.2) is 36.6 Å². The normalized spacial score (nSPS) is 14.0. The summed E-state index contributed by atoms with van der Waals surface area (Å²) in [4.78, 5) is 19.3. The molecule has 0 atom stereocenters. The number of carbonyl (C=O) groups is 1. The van der Waals surface area contributed by atoms with Crippen LogP contribution in [0.2, 0.25) is 0 Å². The molecule has 0 bridgehead atoms. The van der Waals surface area contributed by atoms with Crippen molar-refractivity contribution in [3.05, 3.63) is 59.3 Å². The monoisotopic (exact) mass is 402 g/mol. The quantitative estimate of drug-likeness (QED) is 0.644. The first-order valence-corrected chi connectivity index (χ1v) is 9.27. The highest BCUT2D eigenvalue weighted by Crippen LogP contribution is 2.37. The molecule has 4 rings (SSSR count). The van der Waals surface area contributed by atoms with E-state index >= 15 is 0 Å². The number of nitrogens with zero attached hydrogens (tertiary/aromatic N) is 2. The molecule has 8 heteroatoms. The molecule has 29 heavy (non-hydrogen) atoms. The molecule has 0 unspecified atom stereocenters. The lowest BCUT2D eigenvalue weighted by atomic mass is 10.0. The van der Waals surface area contributed by atoms with Crippen molar-refractivity contribution in [2.45, 2.75) is 19.1 Å². The number of aromatic amines is 1. The Bertz CT molecular complexity index is 1070. The van der Waals surface area contributed by atoms with Crippen molar-refractivity contribution in [2.24, 2.45) is 0 Å². The van der Waals surface area contributed by atoms with Crippen LogP contribution in [0.4, 0.5) is 29.3 Å². The highest BCUT2D eigenvalue weighted by Gasteiger charge is 2.35. The molecule has 0 saturated heterocycles. The molecule has 2 N–H and O–H groups in total. The predicted molar refractivity (Wildman–Crippen MR) is 107 cm³/mol. The van der Waals surface area contributed by atoms with Crippen molar-refractivity contribution in [3.8, 4) is 0 Å². The maximum Gasteiger partial charge on any atom is 0.418 e. The minimum absolute atomic E-state index is 0.238. The maximum absolute atomic E-state index is 13.5. The Morgan fingerprint density at radius 1 is 1.17 bits per heavy atom. The molecule has 2 aromatic carbocycles. The number of para-hydroxylation sites is 1. The maximum atomic E-state index is 13.5. The fourth-order valence-corrected chi connectivity index (χ4v) is 3.69. The van der Waals surface area contributed by atoms with E-state index in [0.717, 1.165) is 28.2 Å². The first-order valence-electron chi connectivity index (χ1n) is 9.27. The van der Waals surface area contributed by atoms with Gasteiger partial charge in [-0.1, -0.05) is 18.2 Å². The molecule has 0 saturated carbocycles. The van der Waals surface area contributed by atoms with Crippen molar-refractivity contribution in [3.63, 3.8) is 0 Å². The Hall–Kier alpha value is -3.16. The Labute approximate surface area is 166 Å². The smallest absolute Gasteiger partial charge is 0.378 e. The molecule has 152 valence electrons. The average molecular weight is 402 g/mol. The number of halogens is 3. The van der Waals surface area contributed by atoms with Crippen molar-refractivity contribution in [1.82, 2.24) is 9.88 Å². The van der Waals surface area contributed by atoms with Gasteiger partial charge in [-0.2, -0.15) is 13.2 Å². The Balaban J connectivity index is 1.59. The third kappa shape index (κ3) is 3.62. The molecular weight excluding hydrogens is 381 g/mol. The third-order valence-corrected chi connectivity index (χ3v) is 5.24. The molecule has 1 aromatic heterocycles. The number of hydrogen-bond acceptors (Lipinski definition) is 2. The van der Waals surface area contributed by atoms with Crippen LogP contribution < -0.4 is 10.2 Å². The van der Waals surface area contributed by atoms with Crippen molar-refractivity contribution in [2.75, 3.05) is 30.9 Å². The summed E-state index contributed by atoms with van der Waals surface area (Å²) < 4.78 is 40.6. The van der Waals surface area contributed by atoms with E-state index in [1.165, 1.54) is 6.07 Å². The van der Waals surface area contributed by atoms with E-state index in [1.54, 1.807) is 30.0 Å². The molecule has 1 aliphatic rings. The van der Waals surface area contributed by atoms with Crippen molar-refractivity contribution >= 4 is 28.3 Å². The highest BCUT2D eigenvalue weighted by molar-refractivity contribution is 5.92. The summed E-state index contributed by atoms with van der Waals surface area (Å²) in [6.07, 6.45) is -3.94. The summed E-state index contributed by atoms with van der Waals surface area (Å²) in [6.45, 7) is 0.783. The number of urea groups is 1. The third-order valence-electron chi connectivity index (χ3n) is 5.24. The highest BCUT2D eigenvalue weighted by atomic mass is 19.4. The van der Waals surface area contributed by atoms with Crippen LogP contribution in [0.5, 0.6) is 0 Å². The van der Waals surface area contributed by atoms with Crippen LogP contribution in [0.1, 0.15) is 16.8 Å². The topological polar surface area (TPSA) is 51.4 Å². The van der Waals surface area contributed by atoms with Crippen LogP contribution in [0.3, 0.4) is 0 Å². The van der Waals surface area contributed by atoms with E-state index in [9.17, 15) is 18.0 Å². The molecule has 2 amide bonds. The fourth-order valence-electron chi connectivity index (χ4n) is 3.69. The van der Waals surface area contributed by atoms with Crippen LogP contribution >= 0.6 is 0 Å². The van der Waals surface area contributed by atoms with Gasteiger partial charge in [0.2, 0.25) is 0 Å². The fraction of sp³-hybridized carbons (Fsp3) is 0.286. The molecule has 0 aliphatic carbocycles. The van der Waals surface area contributed by atoms with Crippen LogP contribution in [-0.2, 0) is 19.1 Å². The van der Waals surface area contributed by atoms with E-state index in [0.29, 0.717) is 25.2 Å². The van der Waals surface area contributed by atoms with Gasteiger partial charge in [0.1, 0.15) is 0 Å². The van der Waals surface area contributed by atoms with Gasteiger partial charge in [0, 0.05) is 61.5 Å². The van der Waals surface area contributed by atoms with Gasteiger partial charge in [0.05, 0.1) is 11.3 Å². The summed E-state index contributed by atoms with van der Waals surface area (Å²) in [6, 6.07) is 11.2. The van der Waals surface area contributed by atoms with Gasteiger partial charge < -0.3 is 20.1 Å². The predicted octanol–water partition coefficient (Wildman–Crippen LogP) is 4.84. The van der Waals surface area contributed by atoms with Gasteiger partial charge >= 0.3 is 12.2 Å². The molecule has 3 aromatic rings. The number of nitrogens with one attached hydrogen (secondary N) is 2. The summed E-state index contributed by atoms with van der Waals surface area (Å²) in [5.74, 6) is 0. The summed E-state index contributed by atoms with van der Waals surface area (Å²) in [7, 11) is 3.33. The van der Waals surface area contributed by atoms with E-state index < -0.39 is 17.8 Å². The summed E-state index contributed by atoms with van der Waals surface area (Å²) >= 11 is 0. The number of fused-ring (bicyclic) bond motifs is 3. The van der Waals surface area contributed by atoms with Crippen LogP contribution in [0.25, 0.3) is 10.9 Å². The van der Waals surface area contributed by atoms with E-state index in [1.807, 2.05) is 24.3 Å². The average Bonchev–Trinajstić information content (AvgIpc) is 3.05. The van der Waals surface area contributed by atoms with Gasteiger partial charge in [-0.3, -0.25) is 0 Å². The molecule has 2 heterocycles. The van der Waals surface area contributed by atoms with Crippen molar-refractivity contribution in [1.29, 1.82) is 0 Å². The lowest BCUT2D eigenvalue weighted by Gasteiger charge is -2.28. The molecule has 0 radical (unpaired) electrons. The van der Waals surface area contributed by atoms with E-state index in [2.05, 4.69) is 10.3 Å². The second kappa shape index (κ2) is 7.02. The lowest BCUT2D eigenvalue weighted by Crippen LogP contribution is -2.39. The van der Waals surface area contributed by atoms with Crippen molar-refractivity contribution < 1.29 is 18.0 Å². The number of alkyl halides is 3. The Kier molecular flexibility index (Phi) is 4.64. The summed E-state index contributed by atoms with van der Waals surface area (Å²) in [5, 5.41) is 3.50. The van der Waals surface area contributed by atoms with Crippen LogP contribution in [0.15, 0.2) is 42.5 Å². The zero-order valence-corrected chi connectivity index (χ0v) is 16.1. The number of hydrogen-bond donors (Lipinski definition) is 2. The largest absolute Gasteiger partial charge is 0.418 e. The second-order valence-corrected chi connectivity index (χ2v) is 7.35. The first kappa shape index (κ1) is 19.2. The standard InChI is InChI=1S/C21H21F3N4O/c1-27(2)13-7-8-19(16(11-13)21(22,23)24)26-20(29)28-10-9-18-15(12-28)14-5-3-4-6-17(14)25-18/h3-8,11,25H,9-10,12H2,1-2H3,(H,26,29). The Morgan fingerprint density at radius 2 is 1.93 bits per heavy atom. The lowest BCUT2D eigenvalue weighted by molar-refractivity contribution is -0.136. The number of amides is 2. The molecule has 1 aliphatic heterocycles. The SMILES string of the molecule is CN(C)c1ccc(NC(=O)N2CCc3[nH]c4ccccc4c3C2)c(C(F)(F)F)c1. The number of H-pyrrole nitrogens is 1. The number of benzene rings is 2. The first-order chi connectivity index (χ1) is 13.7. The minimum Gasteiger partial charge on any atom is -0.378 e. The number of aromatic nitrogens is 1. The van der Waals surface area contributed by atoms with Gasteiger partial charge in [-0.05, 0) is 24.3 Å². The molecule has 0 fully saturated rings. The zero-order valence-electron chi connectivity index (χ0n) is 16.1. The van der Waals surface area contributed by atoms with Crippen LogP contribution in [0, 0.1) is 0 Å². The van der Waals surface area contributed by atoms with Gasteiger partial charge in [0.25, 0.3) is 0 Å². The van der Waals surface area contributed by atoms with Gasteiger partial charge in [0.15, 0.2) is 0 Å². The minimum atomic E-state index is -4.57. The molecule has 5 nitrogen and oxygen atoms in total. The zero-order chi connectivity index (χ0) is 20.8. The van der Waals surface area contributed by atoms with Gasteiger partial charge in [-0.15, -0.1) is 0 Å². The molecule has 0 spiro atoms. The van der Waals surface area contributed by atoms with Gasteiger partial charge in [-0.25, -0.2) is 4.79 Å². The number of rotatable bonds is 2. The Morgan fingerprint density at radius 3 is 2.66 bits per heavy atom.